The van der Waals surface area contributed by atoms with Gasteiger partial charge < -0.3 is 9.84 Å². The van der Waals surface area contributed by atoms with Crippen LogP contribution < -0.4 is 9.62 Å². The Morgan fingerprint density at radius 3 is 2.21 bits per heavy atom. The highest BCUT2D eigenvalue weighted by Crippen LogP contribution is 2.18. The molecule has 2 aromatic carbocycles. The Morgan fingerprint density at radius 2 is 1.62 bits per heavy atom. The summed E-state index contributed by atoms with van der Waals surface area (Å²) >= 11 is 0. The van der Waals surface area contributed by atoms with Gasteiger partial charge in [0.15, 0.2) is 0 Å². The molecular weight excluding hydrogens is 392 g/mol. The zero-order valence-electron chi connectivity index (χ0n) is 16.4. The Hall–Kier alpha value is -3.20. The van der Waals surface area contributed by atoms with E-state index in [1.165, 1.54) is 0 Å². The molecule has 0 aliphatic carbocycles. The van der Waals surface area contributed by atoms with Gasteiger partial charge >= 0.3 is 0 Å². The monoisotopic (exact) mass is 414 g/mol. The summed E-state index contributed by atoms with van der Waals surface area (Å²) in [5.41, 5.74) is 3.34. The molecule has 0 unspecified atom stereocenters. The largest absolute Gasteiger partial charge is 0.345 e. The molecule has 0 fully saturated rings. The van der Waals surface area contributed by atoms with E-state index in [2.05, 4.69) is 15.5 Å². The second kappa shape index (κ2) is 8.44. The van der Waals surface area contributed by atoms with Crippen molar-refractivity contribution in [1.29, 1.82) is 0 Å². The first-order chi connectivity index (χ1) is 13.7. The van der Waals surface area contributed by atoms with Crippen molar-refractivity contribution in [3.05, 3.63) is 65.5 Å². The molecule has 1 heterocycles. The van der Waals surface area contributed by atoms with Crippen LogP contribution >= 0.6 is 0 Å². The predicted octanol–water partition coefficient (Wildman–Crippen LogP) is 2.44. The Kier molecular flexibility index (Phi) is 5.97. The molecule has 0 bridgehead atoms. The minimum absolute atomic E-state index is 0.00317. The maximum absolute atomic E-state index is 12.3. The molecule has 3 aromatic rings. The van der Waals surface area contributed by atoms with Gasteiger partial charge in [0, 0.05) is 5.56 Å². The molecule has 1 aromatic heterocycles. The van der Waals surface area contributed by atoms with Crippen LogP contribution in [0.5, 0.6) is 0 Å². The van der Waals surface area contributed by atoms with E-state index in [0.29, 0.717) is 11.5 Å². The zero-order chi connectivity index (χ0) is 21.0. The van der Waals surface area contributed by atoms with Gasteiger partial charge in [0.25, 0.3) is 0 Å². The molecule has 152 valence electrons. The predicted molar refractivity (Wildman–Crippen MR) is 110 cm³/mol. The van der Waals surface area contributed by atoms with Gasteiger partial charge in [-0.05, 0) is 26.0 Å². The average Bonchev–Trinajstić information content (AvgIpc) is 3.14. The van der Waals surface area contributed by atoms with Crippen LogP contribution in [0.25, 0.3) is 11.4 Å². The molecule has 0 saturated carbocycles. The van der Waals surface area contributed by atoms with E-state index < -0.39 is 15.9 Å². The van der Waals surface area contributed by atoms with Gasteiger partial charge in [-0.2, -0.15) is 4.98 Å². The topological polar surface area (TPSA) is 105 Å². The first-order valence-electron chi connectivity index (χ1n) is 8.93. The first-order valence-corrected chi connectivity index (χ1v) is 10.8. The zero-order valence-corrected chi connectivity index (χ0v) is 17.2. The Labute approximate surface area is 169 Å². The van der Waals surface area contributed by atoms with E-state index >= 15 is 0 Å². The summed E-state index contributed by atoms with van der Waals surface area (Å²) in [7, 11) is -3.62. The summed E-state index contributed by atoms with van der Waals surface area (Å²) in [5.74, 6) is 0.174. The van der Waals surface area contributed by atoms with Crippen molar-refractivity contribution in [3.63, 3.8) is 0 Å². The number of nitrogens with zero attached hydrogens (tertiary/aromatic N) is 3. The second-order valence-electron chi connectivity index (χ2n) is 6.76. The third-order valence-electron chi connectivity index (χ3n) is 4.22. The summed E-state index contributed by atoms with van der Waals surface area (Å²) in [6.45, 7) is 3.54. The highest BCUT2D eigenvalue weighted by atomic mass is 32.2. The van der Waals surface area contributed by atoms with Crippen molar-refractivity contribution >= 4 is 21.6 Å². The van der Waals surface area contributed by atoms with Crippen molar-refractivity contribution in [1.82, 2.24) is 15.5 Å². The first kappa shape index (κ1) is 20.5. The number of anilines is 1. The van der Waals surface area contributed by atoms with Crippen LogP contribution in [0.2, 0.25) is 0 Å². The standard InChI is InChI=1S/C20H22N4O4S/c1-14-4-8-16(9-5-14)20-22-19(28-23-20)12-21-18(25)13-24(29(3,26)27)17-10-6-15(2)7-11-17/h4-11H,12-13H2,1-3H3,(H,21,25). The van der Waals surface area contributed by atoms with Crippen LogP contribution in [0.3, 0.4) is 0 Å². The van der Waals surface area contributed by atoms with Crippen molar-refractivity contribution < 1.29 is 17.7 Å². The summed E-state index contributed by atoms with van der Waals surface area (Å²) < 4.78 is 30.4. The van der Waals surface area contributed by atoms with Crippen molar-refractivity contribution in [2.45, 2.75) is 20.4 Å². The van der Waals surface area contributed by atoms with E-state index in [0.717, 1.165) is 27.3 Å². The van der Waals surface area contributed by atoms with Gasteiger partial charge in [0.2, 0.25) is 27.6 Å². The van der Waals surface area contributed by atoms with Crippen LogP contribution in [-0.4, -0.2) is 37.3 Å². The molecule has 9 heteroatoms. The van der Waals surface area contributed by atoms with E-state index in [1.54, 1.807) is 24.3 Å². The lowest BCUT2D eigenvalue weighted by atomic mass is 10.1. The number of hydrogen-bond donors (Lipinski definition) is 1. The third kappa shape index (κ3) is 5.41. The average molecular weight is 414 g/mol. The molecule has 0 aliphatic rings. The van der Waals surface area contributed by atoms with Crippen molar-refractivity contribution in [2.75, 3.05) is 17.1 Å². The quantitative estimate of drug-likeness (QED) is 0.637. The summed E-state index contributed by atoms with van der Waals surface area (Å²) in [4.78, 5) is 16.6. The number of aryl methyl sites for hydroxylation is 2. The van der Waals surface area contributed by atoms with Gasteiger partial charge in [-0.25, -0.2) is 8.42 Å². The molecule has 1 N–H and O–H groups in total. The number of aromatic nitrogens is 2. The van der Waals surface area contributed by atoms with E-state index in [4.69, 9.17) is 4.52 Å². The highest BCUT2D eigenvalue weighted by Gasteiger charge is 2.21. The third-order valence-corrected chi connectivity index (χ3v) is 5.36. The van der Waals surface area contributed by atoms with Crippen LogP contribution in [0.4, 0.5) is 5.69 Å². The molecule has 0 atom stereocenters. The van der Waals surface area contributed by atoms with Gasteiger partial charge in [0.05, 0.1) is 18.5 Å². The molecule has 0 aliphatic heterocycles. The number of sulfonamides is 1. The lowest BCUT2D eigenvalue weighted by molar-refractivity contribution is -0.119. The van der Waals surface area contributed by atoms with Crippen LogP contribution in [0, 0.1) is 13.8 Å². The van der Waals surface area contributed by atoms with Gasteiger partial charge in [-0.1, -0.05) is 52.7 Å². The number of rotatable bonds is 7. The summed E-state index contributed by atoms with van der Waals surface area (Å²) in [5, 5.41) is 6.52. The number of nitrogens with one attached hydrogen (secondary N) is 1. The highest BCUT2D eigenvalue weighted by molar-refractivity contribution is 7.92. The fourth-order valence-electron chi connectivity index (χ4n) is 2.62. The molecule has 0 saturated heterocycles. The molecule has 8 nitrogen and oxygen atoms in total. The van der Waals surface area contributed by atoms with Gasteiger partial charge in [0.1, 0.15) is 6.54 Å². The Bertz CT molecular complexity index is 1090. The SMILES string of the molecule is Cc1ccc(-c2noc(CNC(=O)CN(c3ccc(C)cc3)S(C)(=O)=O)n2)cc1. The van der Waals surface area contributed by atoms with E-state index in [-0.39, 0.29) is 19.0 Å². The Morgan fingerprint density at radius 1 is 1.03 bits per heavy atom. The number of carbonyl (C=O) groups is 1. The Balaban J connectivity index is 1.64. The smallest absolute Gasteiger partial charge is 0.246 e. The summed E-state index contributed by atoms with van der Waals surface area (Å²) in [6.07, 6.45) is 1.06. The minimum Gasteiger partial charge on any atom is -0.345 e. The lowest BCUT2D eigenvalue weighted by Crippen LogP contribution is -2.40. The van der Waals surface area contributed by atoms with Crippen LogP contribution in [0.1, 0.15) is 17.0 Å². The van der Waals surface area contributed by atoms with E-state index in [1.807, 2.05) is 38.1 Å². The van der Waals surface area contributed by atoms with Crippen LogP contribution in [-0.2, 0) is 21.4 Å². The van der Waals surface area contributed by atoms with Crippen molar-refractivity contribution in [2.24, 2.45) is 0 Å². The van der Waals surface area contributed by atoms with E-state index in [9.17, 15) is 13.2 Å². The molecule has 0 radical (unpaired) electrons. The summed E-state index contributed by atoms with van der Waals surface area (Å²) in [6, 6.07) is 14.6. The van der Waals surface area contributed by atoms with Gasteiger partial charge in [-0.3, -0.25) is 9.10 Å². The molecule has 3 rings (SSSR count). The maximum Gasteiger partial charge on any atom is 0.246 e. The molecular formula is C20H22N4O4S. The number of hydrogen-bond acceptors (Lipinski definition) is 6. The number of amides is 1. The fraction of sp³-hybridized carbons (Fsp3) is 0.250. The second-order valence-corrected chi connectivity index (χ2v) is 8.67. The maximum atomic E-state index is 12.3. The molecule has 29 heavy (non-hydrogen) atoms. The normalized spacial score (nSPS) is 11.3. The molecule has 1 amide bonds. The van der Waals surface area contributed by atoms with Crippen molar-refractivity contribution in [3.8, 4) is 11.4 Å². The fourth-order valence-corrected chi connectivity index (χ4v) is 3.47. The van der Waals surface area contributed by atoms with Gasteiger partial charge in [-0.15, -0.1) is 0 Å². The lowest BCUT2D eigenvalue weighted by Gasteiger charge is -2.21. The minimum atomic E-state index is -3.62. The molecule has 0 spiro atoms. The van der Waals surface area contributed by atoms with Crippen LogP contribution in [0.15, 0.2) is 53.1 Å². The number of carbonyl (C=O) groups excluding carboxylic acids is 1. The number of benzene rings is 2.